The molecule has 0 bridgehead atoms. The Labute approximate surface area is 257 Å². The van der Waals surface area contributed by atoms with Crippen molar-refractivity contribution in [3.05, 3.63) is 71.4 Å². The molecule has 0 aliphatic carbocycles. The van der Waals surface area contributed by atoms with Gasteiger partial charge in [-0.25, -0.2) is 13.8 Å². The summed E-state index contributed by atoms with van der Waals surface area (Å²) in [7, 11) is 3.46. The molecule has 11 heteroatoms. The van der Waals surface area contributed by atoms with Crippen LogP contribution in [0.2, 0.25) is 0 Å². The van der Waals surface area contributed by atoms with E-state index in [-0.39, 0.29) is 30.6 Å². The number of nitrogens with one attached hydrogen (secondary N) is 1. The highest BCUT2D eigenvalue weighted by Gasteiger charge is 2.30. The standard InChI is InChI=1S/C33H32F2N6O2S/c1-18(2)30-26-16-24(39-41(26)9-8-36-30)32-29(28-23(35)14-21(34)15-27(28)43-11-10-42-4)33-22(7-12-44-33)31(38-32)19-5-6-25-20(13-19)17-37-40(25)3/h5-7,12-18,30,36H,8-11H2,1-4H3/t30-/m1/s1. The number of methoxy groups -OCH3 is 1. The molecule has 1 N–H and O–H groups in total. The second-order valence-electron chi connectivity index (χ2n) is 11.3. The number of thiophene rings is 1. The lowest BCUT2D eigenvalue weighted by Gasteiger charge is -2.27. The largest absolute Gasteiger partial charge is 0.490 e. The van der Waals surface area contributed by atoms with Gasteiger partial charge in [0.2, 0.25) is 0 Å². The van der Waals surface area contributed by atoms with Gasteiger partial charge in [0, 0.05) is 59.4 Å². The molecule has 0 fully saturated rings. The Morgan fingerprint density at radius 1 is 1.07 bits per heavy atom. The summed E-state index contributed by atoms with van der Waals surface area (Å²) >= 11 is 1.48. The Bertz CT molecular complexity index is 2010. The van der Waals surface area contributed by atoms with Crippen molar-refractivity contribution in [2.75, 3.05) is 26.9 Å². The van der Waals surface area contributed by atoms with Crippen LogP contribution in [0.4, 0.5) is 8.78 Å². The van der Waals surface area contributed by atoms with Gasteiger partial charge in [0.1, 0.15) is 35.4 Å². The Morgan fingerprint density at radius 2 is 1.93 bits per heavy atom. The van der Waals surface area contributed by atoms with Gasteiger partial charge >= 0.3 is 0 Å². The van der Waals surface area contributed by atoms with Crippen LogP contribution in [0.3, 0.4) is 0 Å². The average molecular weight is 615 g/mol. The predicted molar refractivity (Wildman–Crippen MR) is 169 cm³/mol. The third-order valence-corrected chi connectivity index (χ3v) is 9.10. The van der Waals surface area contributed by atoms with Crippen LogP contribution in [0.1, 0.15) is 25.6 Å². The van der Waals surface area contributed by atoms with Gasteiger partial charge < -0.3 is 14.8 Å². The number of rotatable bonds is 8. The van der Waals surface area contributed by atoms with Gasteiger partial charge in [0.05, 0.1) is 47.9 Å². The first-order chi connectivity index (χ1) is 21.3. The van der Waals surface area contributed by atoms with Gasteiger partial charge in [0.25, 0.3) is 0 Å². The number of pyridine rings is 1. The van der Waals surface area contributed by atoms with Crippen LogP contribution in [0.5, 0.6) is 5.75 Å². The van der Waals surface area contributed by atoms with Gasteiger partial charge in [-0.05, 0) is 35.6 Å². The Kier molecular flexibility index (Phi) is 7.39. The quantitative estimate of drug-likeness (QED) is 0.186. The molecule has 0 unspecified atom stereocenters. The third kappa shape index (κ3) is 4.85. The summed E-state index contributed by atoms with van der Waals surface area (Å²) in [4.78, 5) is 5.26. The lowest BCUT2D eigenvalue weighted by Crippen LogP contribution is -2.36. The summed E-state index contributed by atoms with van der Waals surface area (Å²) in [5, 5.41) is 16.8. The number of hydrogen-bond acceptors (Lipinski definition) is 7. The van der Waals surface area contributed by atoms with Crippen LogP contribution >= 0.6 is 11.3 Å². The van der Waals surface area contributed by atoms with E-state index in [1.807, 2.05) is 52.3 Å². The zero-order valence-electron chi connectivity index (χ0n) is 24.9. The molecule has 5 heterocycles. The molecule has 6 aromatic rings. The highest BCUT2D eigenvalue weighted by molar-refractivity contribution is 7.18. The van der Waals surface area contributed by atoms with E-state index in [2.05, 4.69) is 30.3 Å². The van der Waals surface area contributed by atoms with Crippen molar-refractivity contribution in [2.24, 2.45) is 13.0 Å². The van der Waals surface area contributed by atoms with Crippen LogP contribution < -0.4 is 10.1 Å². The topological polar surface area (TPSA) is 79.0 Å². The second kappa shape index (κ2) is 11.4. The molecule has 1 atom stereocenters. The molecule has 0 radical (unpaired) electrons. The van der Waals surface area contributed by atoms with Crippen molar-refractivity contribution in [2.45, 2.75) is 26.4 Å². The minimum Gasteiger partial charge on any atom is -0.490 e. The summed E-state index contributed by atoms with van der Waals surface area (Å²) < 4.78 is 46.3. The number of ether oxygens (including phenoxy) is 2. The fraction of sp³-hybridized carbons (Fsp3) is 0.303. The SMILES string of the molecule is COCCOc1cc(F)cc(F)c1-c1c(-c2cc3n(n2)CCN[C@@H]3C(C)C)nc(-c2ccc3c(cnn3C)c2)c2ccsc12. The summed E-state index contributed by atoms with van der Waals surface area (Å²) in [5.41, 5.74) is 5.51. The Balaban J connectivity index is 1.52. The highest BCUT2D eigenvalue weighted by atomic mass is 32.1. The van der Waals surface area contributed by atoms with Crippen molar-refractivity contribution < 1.29 is 18.3 Å². The van der Waals surface area contributed by atoms with Gasteiger partial charge in [-0.2, -0.15) is 10.2 Å². The first kappa shape index (κ1) is 28.6. The van der Waals surface area contributed by atoms with E-state index in [0.717, 1.165) is 50.6 Å². The number of hydrogen-bond donors (Lipinski definition) is 1. The highest BCUT2D eigenvalue weighted by Crippen LogP contribution is 2.47. The molecule has 0 spiro atoms. The first-order valence-corrected chi connectivity index (χ1v) is 15.5. The minimum absolute atomic E-state index is 0.0903. The predicted octanol–water partition coefficient (Wildman–Crippen LogP) is 6.98. The van der Waals surface area contributed by atoms with E-state index < -0.39 is 11.6 Å². The molecule has 1 aliphatic heterocycles. The summed E-state index contributed by atoms with van der Waals surface area (Å²) in [6.45, 7) is 6.24. The van der Waals surface area contributed by atoms with Crippen LogP contribution in [0, 0.1) is 17.6 Å². The van der Waals surface area contributed by atoms with Crippen molar-refractivity contribution >= 4 is 32.3 Å². The van der Waals surface area contributed by atoms with Crippen molar-refractivity contribution in [3.63, 3.8) is 0 Å². The van der Waals surface area contributed by atoms with Crippen molar-refractivity contribution in [1.29, 1.82) is 0 Å². The fourth-order valence-electron chi connectivity index (χ4n) is 6.10. The molecule has 1 aliphatic rings. The zero-order valence-corrected chi connectivity index (χ0v) is 25.7. The smallest absolute Gasteiger partial charge is 0.137 e. The van der Waals surface area contributed by atoms with E-state index in [0.29, 0.717) is 29.4 Å². The van der Waals surface area contributed by atoms with Crippen LogP contribution in [-0.2, 0) is 18.3 Å². The maximum absolute atomic E-state index is 16.0. The molecular formula is C33H32F2N6O2S. The van der Waals surface area contributed by atoms with E-state index in [1.165, 1.54) is 17.4 Å². The number of benzene rings is 2. The number of aryl methyl sites for hydroxylation is 1. The normalized spacial score (nSPS) is 15.0. The Morgan fingerprint density at radius 3 is 2.75 bits per heavy atom. The maximum Gasteiger partial charge on any atom is 0.137 e. The summed E-state index contributed by atoms with van der Waals surface area (Å²) in [5.74, 6) is -1.03. The zero-order chi connectivity index (χ0) is 30.5. The molecule has 226 valence electrons. The first-order valence-electron chi connectivity index (χ1n) is 14.6. The maximum atomic E-state index is 16.0. The number of nitrogens with zero attached hydrogens (tertiary/aromatic N) is 5. The lowest BCUT2D eigenvalue weighted by atomic mass is 9.95. The molecule has 0 amide bonds. The number of halogens is 2. The lowest BCUT2D eigenvalue weighted by molar-refractivity contribution is 0.146. The van der Waals surface area contributed by atoms with E-state index in [9.17, 15) is 4.39 Å². The van der Waals surface area contributed by atoms with E-state index >= 15 is 4.39 Å². The Hall–Kier alpha value is -4.19. The van der Waals surface area contributed by atoms with E-state index in [1.54, 1.807) is 7.11 Å². The van der Waals surface area contributed by atoms with Crippen LogP contribution in [-0.4, -0.2) is 51.4 Å². The van der Waals surface area contributed by atoms with Crippen molar-refractivity contribution in [3.8, 4) is 39.5 Å². The minimum atomic E-state index is -0.731. The second-order valence-corrected chi connectivity index (χ2v) is 12.3. The molecule has 8 nitrogen and oxygen atoms in total. The van der Waals surface area contributed by atoms with Crippen LogP contribution in [0.25, 0.3) is 54.8 Å². The number of fused-ring (bicyclic) bond motifs is 3. The van der Waals surface area contributed by atoms with Gasteiger partial charge in [-0.1, -0.05) is 19.9 Å². The third-order valence-electron chi connectivity index (χ3n) is 8.17. The molecule has 44 heavy (non-hydrogen) atoms. The van der Waals surface area contributed by atoms with Gasteiger partial charge in [0.15, 0.2) is 0 Å². The number of aromatic nitrogens is 5. The van der Waals surface area contributed by atoms with Gasteiger partial charge in [-0.3, -0.25) is 9.36 Å². The van der Waals surface area contributed by atoms with Gasteiger partial charge in [-0.15, -0.1) is 11.3 Å². The fourth-order valence-corrected chi connectivity index (χ4v) is 7.05. The molecular weight excluding hydrogens is 582 g/mol. The molecule has 7 rings (SSSR count). The summed E-state index contributed by atoms with van der Waals surface area (Å²) in [6, 6.07) is 12.4. The molecule has 4 aromatic heterocycles. The van der Waals surface area contributed by atoms with Crippen molar-refractivity contribution in [1.82, 2.24) is 29.9 Å². The molecule has 0 saturated carbocycles. The molecule has 0 saturated heterocycles. The monoisotopic (exact) mass is 614 g/mol. The van der Waals surface area contributed by atoms with Crippen LogP contribution in [0.15, 0.2) is 54.0 Å². The average Bonchev–Trinajstić information content (AvgIpc) is 3.75. The summed E-state index contributed by atoms with van der Waals surface area (Å²) in [6.07, 6.45) is 1.83. The van der Waals surface area contributed by atoms with E-state index in [4.69, 9.17) is 19.6 Å². The molecule has 2 aromatic carbocycles.